The molecule has 3 heterocycles. The largest absolute Gasteiger partial charge is 0.487 e. The standard InChI is InChI=1S/C39H54ClN3O7S/c1-28-7-6-15-39(47-3,27-49-22-19-42-17-20-48-21-18-42)35-13-10-32(35)25-43-16-5-4-8-30-23-34(40)12-9-33(30)26-50-37-14-11-31(24-36(37)43)38(44)41-51(45,46)29(28)2/h6,9,11-12,14-15,23-24,28-29,32,35H,4-5,7-8,10,13,16-22,25-27H2,1-3H3,(H,41,44)/b15-6+/t28-,29+,32-,35+,39-/m0/s1. The summed E-state index contributed by atoms with van der Waals surface area (Å²) < 4.78 is 54.3. The van der Waals surface area contributed by atoms with E-state index in [9.17, 15) is 13.2 Å². The predicted molar refractivity (Wildman–Crippen MR) is 200 cm³/mol. The Kier molecular flexibility index (Phi) is 12.7. The number of carbonyl (C=O) groups is 1. The highest BCUT2D eigenvalue weighted by atomic mass is 35.5. The van der Waals surface area contributed by atoms with Gasteiger partial charge in [-0.3, -0.25) is 9.69 Å². The fraction of sp³-hybridized carbons (Fsp3) is 0.615. The molecule has 2 aromatic carbocycles. The maximum atomic E-state index is 13.6. The summed E-state index contributed by atoms with van der Waals surface area (Å²) in [4.78, 5) is 18.2. The average Bonchev–Trinajstić information content (AvgIpc) is 3.14. The van der Waals surface area contributed by atoms with E-state index < -0.39 is 26.8 Å². The molecule has 0 aromatic heterocycles. The molecule has 3 aliphatic heterocycles. The molecule has 1 N–H and O–H groups in total. The number of fused-ring (bicyclic) bond motifs is 3. The van der Waals surface area contributed by atoms with Crippen molar-refractivity contribution in [2.45, 2.75) is 69.8 Å². The number of ether oxygens (including phenoxy) is 4. The number of carbonyl (C=O) groups excluding carboxylic acids is 1. The van der Waals surface area contributed by atoms with Gasteiger partial charge in [0.2, 0.25) is 10.0 Å². The number of hydrogen-bond donors (Lipinski definition) is 1. The van der Waals surface area contributed by atoms with Crippen LogP contribution < -0.4 is 14.4 Å². The van der Waals surface area contributed by atoms with Gasteiger partial charge in [0.15, 0.2) is 0 Å². The van der Waals surface area contributed by atoms with Gasteiger partial charge in [0.1, 0.15) is 18.0 Å². The molecule has 0 unspecified atom stereocenters. The smallest absolute Gasteiger partial charge is 0.264 e. The molecule has 2 aromatic rings. The molecule has 1 amide bonds. The van der Waals surface area contributed by atoms with Crippen molar-refractivity contribution < 1.29 is 32.2 Å². The van der Waals surface area contributed by atoms with Crippen molar-refractivity contribution in [1.29, 1.82) is 0 Å². The first kappa shape index (κ1) is 38.1. The predicted octanol–water partition coefficient (Wildman–Crippen LogP) is 5.87. The van der Waals surface area contributed by atoms with E-state index >= 15 is 0 Å². The highest BCUT2D eigenvalue weighted by Gasteiger charge is 2.47. The maximum Gasteiger partial charge on any atom is 0.264 e. The summed E-state index contributed by atoms with van der Waals surface area (Å²) >= 11 is 6.38. The first-order valence-electron chi connectivity index (χ1n) is 18.5. The van der Waals surface area contributed by atoms with Crippen LogP contribution in [0.4, 0.5) is 5.69 Å². The molecule has 1 aliphatic carbocycles. The van der Waals surface area contributed by atoms with Crippen LogP contribution in [0.2, 0.25) is 5.02 Å². The summed E-state index contributed by atoms with van der Waals surface area (Å²) in [6.07, 6.45) is 9.50. The van der Waals surface area contributed by atoms with Crippen LogP contribution >= 0.6 is 11.6 Å². The van der Waals surface area contributed by atoms with Crippen molar-refractivity contribution in [3.8, 4) is 5.75 Å². The van der Waals surface area contributed by atoms with Crippen molar-refractivity contribution in [2.24, 2.45) is 17.8 Å². The Hall–Kier alpha value is -2.67. The Labute approximate surface area is 308 Å². The van der Waals surface area contributed by atoms with Crippen molar-refractivity contribution in [2.75, 3.05) is 71.2 Å². The van der Waals surface area contributed by atoms with E-state index in [1.807, 2.05) is 25.1 Å². The minimum Gasteiger partial charge on any atom is -0.487 e. The number of hydrogen-bond acceptors (Lipinski definition) is 9. The average molecular weight is 744 g/mol. The summed E-state index contributed by atoms with van der Waals surface area (Å²) in [6, 6.07) is 11.2. The normalized spacial score (nSPS) is 29.6. The number of anilines is 1. The van der Waals surface area contributed by atoms with Crippen LogP contribution in [-0.2, 0) is 37.3 Å². The van der Waals surface area contributed by atoms with E-state index in [1.165, 1.54) is 5.56 Å². The number of allylic oxidation sites excluding steroid dienone is 1. The molecule has 6 rings (SSSR count). The summed E-state index contributed by atoms with van der Waals surface area (Å²) in [5.74, 6) is 0.256. The van der Waals surface area contributed by atoms with Gasteiger partial charge in [-0.15, -0.1) is 0 Å². The number of sulfonamides is 1. The van der Waals surface area contributed by atoms with Gasteiger partial charge in [-0.2, -0.15) is 0 Å². The minimum atomic E-state index is -3.97. The summed E-state index contributed by atoms with van der Waals surface area (Å²) in [6.45, 7) is 10.6. The number of benzene rings is 2. The summed E-state index contributed by atoms with van der Waals surface area (Å²) in [7, 11) is -2.20. The van der Waals surface area contributed by atoms with Crippen molar-refractivity contribution in [1.82, 2.24) is 9.62 Å². The second-order valence-corrected chi connectivity index (χ2v) is 17.2. The SMILES string of the molecule is CO[C@]1(COCCN2CCOCC2)/C=C/C[C@H](C)[C@@H](C)S(=O)(=O)NC(=O)c2ccc3c(c2)N(CCCCc2cc(Cl)ccc2CO3)C[C@@H]2CC[C@H]21. The van der Waals surface area contributed by atoms with Gasteiger partial charge in [-0.1, -0.05) is 36.7 Å². The fourth-order valence-electron chi connectivity index (χ4n) is 7.86. The van der Waals surface area contributed by atoms with E-state index in [2.05, 4.69) is 26.7 Å². The van der Waals surface area contributed by atoms with Gasteiger partial charge in [0.05, 0.1) is 37.4 Å². The third kappa shape index (κ3) is 9.11. The zero-order valence-corrected chi connectivity index (χ0v) is 31.9. The zero-order valence-electron chi connectivity index (χ0n) is 30.3. The molecule has 2 fully saturated rings. The van der Waals surface area contributed by atoms with Crippen LogP contribution in [0.3, 0.4) is 0 Å². The van der Waals surface area contributed by atoms with E-state index in [4.69, 9.17) is 30.5 Å². The van der Waals surface area contributed by atoms with Gasteiger partial charge in [0.25, 0.3) is 5.91 Å². The number of halogens is 1. The molecule has 12 heteroatoms. The third-order valence-corrected chi connectivity index (χ3v) is 13.7. The molecule has 0 spiro atoms. The fourth-order valence-corrected chi connectivity index (χ4v) is 9.34. The topological polar surface area (TPSA) is 107 Å². The Morgan fingerprint density at radius 3 is 2.63 bits per heavy atom. The molecule has 51 heavy (non-hydrogen) atoms. The van der Waals surface area contributed by atoms with E-state index in [0.717, 1.165) is 89.3 Å². The minimum absolute atomic E-state index is 0.187. The molecule has 5 atom stereocenters. The quantitative estimate of drug-likeness (QED) is 0.288. The Morgan fingerprint density at radius 2 is 1.86 bits per heavy atom. The molecule has 280 valence electrons. The van der Waals surface area contributed by atoms with Crippen LogP contribution in [-0.4, -0.2) is 96.3 Å². The van der Waals surface area contributed by atoms with Gasteiger partial charge in [-0.25, -0.2) is 13.1 Å². The molecule has 2 bridgehead atoms. The lowest BCUT2D eigenvalue weighted by molar-refractivity contribution is -0.120. The second kappa shape index (κ2) is 17.0. The second-order valence-electron chi connectivity index (χ2n) is 14.7. The first-order valence-corrected chi connectivity index (χ1v) is 20.5. The van der Waals surface area contributed by atoms with Crippen LogP contribution in [0.25, 0.3) is 0 Å². The molecule has 10 nitrogen and oxygen atoms in total. The van der Waals surface area contributed by atoms with Gasteiger partial charge >= 0.3 is 0 Å². The number of morpholine rings is 1. The highest BCUT2D eigenvalue weighted by Crippen LogP contribution is 2.46. The molecule has 1 saturated heterocycles. The lowest BCUT2D eigenvalue weighted by Gasteiger charge is -2.49. The number of amides is 1. The number of aryl methyl sites for hydroxylation is 1. The summed E-state index contributed by atoms with van der Waals surface area (Å²) in [5, 5.41) is -0.0911. The van der Waals surface area contributed by atoms with Gasteiger partial charge in [0, 0.05) is 50.4 Å². The van der Waals surface area contributed by atoms with Crippen LogP contribution in [0.5, 0.6) is 5.75 Å². The maximum absolute atomic E-state index is 13.6. The lowest BCUT2D eigenvalue weighted by Crippen LogP contribution is -2.53. The summed E-state index contributed by atoms with van der Waals surface area (Å²) in [5.41, 5.74) is 2.66. The van der Waals surface area contributed by atoms with Crippen molar-refractivity contribution >= 4 is 33.2 Å². The number of nitrogens with zero attached hydrogens (tertiary/aromatic N) is 2. The Balaban J connectivity index is 1.33. The van der Waals surface area contributed by atoms with Gasteiger partial charge in [-0.05, 0) is 105 Å². The molecule has 0 radical (unpaired) electrons. The van der Waals surface area contributed by atoms with Crippen LogP contribution in [0.1, 0.15) is 67.4 Å². The monoisotopic (exact) mass is 743 g/mol. The van der Waals surface area contributed by atoms with Crippen LogP contribution in [0, 0.1) is 17.8 Å². The zero-order chi connectivity index (χ0) is 36.0. The van der Waals surface area contributed by atoms with E-state index in [-0.39, 0.29) is 17.4 Å². The molecule has 4 aliphatic rings. The number of nitrogens with one attached hydrogen (secondary N) is 1. The Morgan fingerprint density at radius 1 is 1.04 bits per heavy atom. The third-order valence-electron chi connectivity index (χ3n) is 11.5. The first-order chi connectivity index (χ1) is 24.6. The van der Waals surface area contributed by atoms with E-state index in [1.54, 1.807) is 32.2 Å². The number of rotatable bonds is 6. The molecular formula is C39H54ClN3O7S. The van der Waals surface area contributed by atoms with Crippen LogP contribution in [0.15, 0.2) is 48.6 Å². The highest BCUT2D eigenvalue weighted by molar-refractivity contribution is 7.90. The van der Waals surface area contributed by atoms with Crippen molar-refractivity contribution in [3.05, 3.63) is 70.3 Å². The Bertz CT molecular complexity index is 1650. The number of methoxy groups -OCH3 is 1. The van der Waals surface area contributed by atoms with E-state index in [0.29, 0.717) is 42.9 Å². The molecular weight excluding hydrogens is 690 g/mol. The molecule has 1 saturated carbocycles. The van der Waals surface area contributed by atoms with Crippen molar-refractivity contribution in [3.63, 3.8) is 0 Å². The van der Waals surface area contributed by atoms with Gasteiger partial charge < -0.3 is 23.8 Å². The lowest BCUT2D eigenvalue weighted by atomic mass is 9.64.